The van der Waals surface area contributed by atoms with Crippen molar-refractivity contribution in [1.82, 2.24) is 0 Å². The van der Waals surface area contributed by atoms with Gasteiger partial charge in [-0.3, -0.25) is 0 Å². The maximum atomic E-state index is 11.7. The standard InChI is InChI=1S/C20H22O3/c1-5-14(2)19(22)23-18-12-8-16(9-13-18)20(3,4)15-6-10-17(21)11-7-15/h6-13,21H,2,5H2,1,3-4H3. The van der Waals surface area contributed by atoms with Crippen LogP contribution in [0.1, 0.15) is 38.3 Å². The van der Waals surface area contributed by atoms with Crippen LogP contribution in [0.15, 0.2) is 60.7 Å². The zero-order valence-electron chi connectivity index (χ0n) is 13.8. The molecule has 23 heavy (non-hydrogen) atoms. The highest BCUT2D eigenvalue weighted by Crippen LogP contribution is 2.33. The molecule has 0 radical (unpaired) electrons. The summed E-state index contributed by atoms with van der Waals surface area (Å²) in [6.45, 7) is 9.77. The van der Waals surface area contributed by atoms with Crippen molar-refractivity contribution in [2.45, 2.75) is 32.6 Å². The number of rotatable bonds is 5. The molecule has 0 unspecified atom stereocenters. The first-order valence-corrected chi connectivity index (χ1v) is 7.64. The Morgan fingerprint density at radius 1 is 1.04 bits per heavy atom. The van der Waals surface area contributed by atoms with Crippen LogP contribution in [0.4, 0.5) is 0 Å². The Kier molecular flexibility index (Phi) is 4.89. The van der Waals surface area contributed by atoms with E-state index in [1.165, 1.54) is 0 Å². The molecule has 3 heteroatoms. The van der Waals surface area contributed by atoms with Gasteiger partial charge in [0.25, 0.3) is 0 Å². The van der Waals surface area contributed by atoms with Gasteiger partial charge in [-0.05, 0) is 41.8 Å². The molecule has 0 aliphatic rings. The van der Waals surface area contributed by atoms with E-state index in [1.807, 2.05) is 31.2 Å². The Labute approximate surface area is 137 Å². The summed E-state index contributed by atoms with van der Waals surface area (Å²) in [4.78, 5) is 11.7. The van der Waals surface area contributed by atoms with E-state index in [1.54, 1.807) is 24.3 Å². The highest BCUT2D eigenvalue weighted by atomic mass is 16.5. The van der Waals surface area contributed by atoms with Crippen LogP contribution in [0.3, 0.4) is 0 Å². The number of ether oxygens (including phenoxy) is 1. The summed E-state index contributed by atoms with van der Waals surface area (Å²) in [6, 6.07) is 14.7. The zero-order valence-corrected chi connectivity index (χ0v) is 13.8. The zero-order chi connectivity index (χ0) is 17.0. The van der Waals surface area contributed by atoms with E-state index >= 15 is 0 Å². The molecule has 120 valence electrons. The van der Waals surface area contributed by atoms with Gasteiger partial charge in [0.15, 0.2) is 0 Å². The summed E-state index contributed by atoms with van der Waals surface area (Å²) >= 11 is 0. The third-order valence-electron chi connectivity index (χ3n) is 4.09. The summed E-state index contributed by atoms with van der Waals surface area (Å²) in [6.07, 6.45) is 0.574. The van der Waals surface area contributed by atoms with Crippen molar-refractivity contribution in [1.29, 1.82) is 0 Å². The van der Waals surface area contributed by atoms with Crippen LogP contribution in [0.5, 0.6) is 11.5 Å². The molecule has 0 atom stereocenters. The van der Waals surface area contributed by atoms with Gasteiger partial charge < -0.3 is 9.84 Å². The van der Waals surface area contributed by atoms with Crippen LogP contribution < -0.4 is 4.74 Å². The third kappa shape index (κ3) is 3.81. The lowest BCUT2D eigenvalue weighted by atomic mass is 9.78. The van der Waals surface area contributed by atoms with Crippen molar-refractivity contribution in [3.05, 3.63) is 71.8 Å². The van der Waals surface area contributed by atoms with Gasteiger partial charge in [0.2, 0.25) is 0 Å². The predicted octanol–water partition coefficient (Wildman–Crippen LogP) is 4.59. The van der Waals surface area contributed by atoms with E-state index in [0.29, 0.717) is 17.7 Å². The molecule has 1 N–H and O–H groups in total. The third-order valence-corrected chi connectivity index (χ3v) is 4.09. The molecule has 0 aromatic heterocycles. The minimum atomic E-state index is -0.391. The van der Waals surface area contributed by atoms with E-state index in [-0.39, 0.29) is 11.2 Å². The second-order valence-electron chi connectivity index (χ2n) is 6.04. The van der Waals surface area contributed by atoms with Gasteiger partial charge in [-0.1, -0.05) is 51.6 Å². The van der Waals surface area contributed by atoms with Crippen molar-refractivity contribution in [3.8, 4) is 11.5 Å². The largest absolute Gasteiger partial charge is 0.508 e. The molecule has 0 saturated carbocycles. The summed E-state index contributed by atoms with van der Waals surface area (Å²) < 4.78 is 5.28. The Hall–Kier alpha value is -2.55. The molecule has 0 saturated heterocycles. The van der Waals surface area contributed by atoms with Gasteiger partial charge in [-0.2, -0.15) is 0 Å². The quantitative estimate of drug-likeness (QED) is 0.499. The number of hydrogen-bond donors (Lipinski definition) is 1. The smallest absolute Gasteiger partial charge is 0.338 e. The van der Waals surface area contributed by atoms with Crippen LogP contribution in [0.25, 0.3) is 0 Å². The van der Waals surface area contributed by atoms with E-state index in [4.69, 9.17) is 4.74 Å². The van der Waals surface area contributed by atoms with E-state index in [9.17, 15) is 9.90 Å². The molecule has 0 amide bonds. The van der Waals surface area contributed by atoms with Gasteiger partial charge in [0, 0.05) is 11.0 Å². The highest BCUT2D eigenvalue weighted by Gasteiger charge is 2.23. The van der Waals surface area contributed by atoms with E-state index < -0.39 is 5.97 Å². The number of hydrogen-bond acceptors (Lipinski definition) is 3. The minimum Gasteiger partial charge on any atom is -0.508 e. The predicted molar refractivity (Wildman–Crippen MR) is 91.7 cm³/mol. The maximum Gasteiger partial charge on any atom is 0.338 e. The number of aromatic hydroxyl groups is 1. The molecular formula is C20H22O3. The fourth-order valence-electron chi connectivity index (χ4n) is 2.31. The van der Waals surface area contributed by atoms with Gasteiger partial charge in [0.05, 0.1) is 0 Å². The van der Waals surface area contributed by atoms with Crippen LogP contribution in [-0.2, 0) is 10.2 Å². The van der Waals surface area contributed by atoms with Gasteiger partial charge in [0.1, 0.15) is 11.5 Å². The highest BCUT2D eigenvalue weighted by molar-refractivity contribution is 5.89. The summed E-state index contributed by atoms with van der Waals surface area (Å²) in [5, 5.41) is 9.42. The van der Waals surface area contributed by atoms with Crippen molar-refractivity contribution in [3.63, 3.8) is 0 Å². The summed E-state index contributed by atoms with van der Waals surface area (Å²) in [7, 11) is 0. The Morgan fingerprint density at radius 2 is 1.52 bits per heavy atom. The maximum absolute atomic E-state index is 11.7. The first kappa shape index (κ1) is 16.8. The van der Waals surface area contributed by atoms with Crippen LogP contribution >= 0.6 is 0 Å². The number of carbonyl (C=O) groups is 1. The van der Waals surface area contributed by atoms with Gasteiger partial charge in [-0.25, -0.2) is 4.79 Å². The average Bonchev–Trinajstić information content (AvgIpc) is 2.55. The van der Waals surface area contributed by atoms with Crippen LogP contribution in [0.2, 0.25) is 0 Å². The lowest BCUT2D eigenvalue weighted by Gasteiger charge is -2.26. The lowest BCUT2D eigenvalue weighted by molar-refractivity contribution is -0.130. The van der Waals surface area contributed by atoms with Crippen LogP contribution in [-0.4, -0.2) is 11.1 Å². The normalized spacial score (nSPS) is 11.1. The van der Waals surface area contributed by atoms with Crippen LogP contribution in [0, 0.1) is 0 Å². The van der Waals surface area contributed by atoms with Gasteiger partial charge in [-0.15, -0.1) is 0 Å². The minimum absolute atomic E-state index is 0.219. The Balaban J connectivity index is 2.19. The van der Waals surface area contributed by atoms with Crippen molar-refractivity contribution in [2.24, 2.45) is 0 Å². The average molecular weight is 310 g/mol. The fraction of sp³-hybridized carbons (Fsp3) is 0.250. The fourth-order valence-corrected chi connectivity index (χ4v) is 2.31. The van der Waals surface area contributed by atoms with E-state index in [2.05, 4.69) is 20.4 Å². The molecule has 2 aromatic carbocycles. The molecule has 0 bridgehead atoms. The second-order valence-corrected chi connectivity index (χ2v) is 6.04. The molecule has 0 fully saturated rings. The molecule has 2 rings (SSSR count). The lowest BCUT2D eigenvalue weighted by Crippen LogP contribution is -2.18. The monoisotopic (exact) mass is 310 g/mol. The van der Waals surface area contributed by atoms with E-state index in [0.717, 1.165) is 11.1 Å². The second kappa shape index (κ2) is 6.69. The first-order chi connectivity index (χ1) is 10.8. The Bertz CT molecular complexity index is 695. The first-order valence-electron chi connectivity index (χ1n) is 7.64. The van der Waals surface area contributed by atoms with Crippen molar-refractivity contribution < 1.29 is 14.6 Å². The molecule has 3 nitrogen and oxygen atoms in total. The van der Waals surface area contributed by atoms with Crippen molar-refractivity contribution >= 4 is 5.97 Å². The number of phenolic OH excluding ortho intramolecular Hbond substituents is 1. The summed E-state index contributed by atoms with van der Waals surface area (Å²) in [5.41, 5.74) is 2.43. The topological polar surface area (TPSA) is 46.5 Å². The molecule has 2 aromatic rings. The molecule has 0 aliphatic heterocycles. The summed E-state index contributed by atoms with van der Waals surface area (Å²) in [5.74, 6) is 0.371. The number of carbonyl (C=O) groups excluding carboxylic acids is 1. The van der Waals surface area contributed by atoms with Crippen molar-refractivity contribution in [2.75, 3.05) is 0 Å². The molecule has 0 spiro atoms. The Morgan fingerprint density at radius 3 is 2.00 bits per heavy atom. The molecular weight excluding hydrogens is 288 g/mol. The molecule has 0 aliphatic carbocycles. The SMILES string of the molecule is C=C(CC)C(=O)Oc1ccc(C(C)(C)c2ccc(O)cc2)cc1. The number of esters is 1. The number of benzene rings is 2. The number of phenols is 1. The molecule has 0 heterocycles. The van der Waals surface area contributed by atoms with Gasteiger partial charge >= 0.3 is 5.97 Å².